The molecule has 0 aliphatic heterocycles. The Hall–Kier alpha value is -2.08. The topological polar surface area (TPSA) is 84.9 Å². The van der Waals surface area contributed by atoms with Gasteiger partial charge in [0.1, 0.15) is 6.10 Å². The van der Waals surface area contributed by atoms with Crippen molar-refractivity contribution in [1.29, 1.82) is 0 Å². The maximum absolute atomic E-state index is 12.0. The van der Waals surface area contributed by atoms with Crippen LogP contribution in [0.15, 0.2) is 30.3 Å². The number of amides is 1. The van der Waals surface area contributed by atoms with E-state index in [-0.39, 0.29) is 19.1 Å². The number of ether oxygens (including phenoxy) is 2. The molecular formula is C16H23NO5. The van der Waals surface area contributed by atoms with Gasteiger partial charge in [-0.2, -0.15) is 0 Å². The maximum atomic E-state index is 12.0. The summed E-state index contributed by atoms with van der Waals surface area (Å²) >= 11 is 0. The summed E-state index contributed by atoms with van der Waals surface area (Å²) < 4.78 is 9.88. The van der Waals surface area contributed by atoms with E-state index in [9.17, 15) is 14.7 Å². The highest BCUT2D eigenvalue weighted by Crippen LogP contribution is 2.17. The van der Waals surface area contributed by atoms with Gasteiger partial charge in [-0.25, -0.2) is 9.59 Å². The number of nitrogens with one attached hydrogen (secondary N) is 1. The molecule has 0 radical (unpaired) electrons. The van der Waals surface area contributed by atoms with Gasteiger partial charge in [-0.1, -0.05) is 44.2 Å². The second kappa shape index (κ2) is 9.04. The number of aliphatic hydroxyl groups excluding tert-OH is 1. The van der Waals surface area contributed by atoms with Crippen LogP contribution < -0.4 is 5.32 Å². The number of carbonyl (C=O) groups excluding carboxylic acids is 2. The Balaban J connectivity index is 2.80. The summed E-state index contributed by atoms with van der Waals surface area (Å²) in [4.78, 5) is 23.7. The molecule has 0 aliphatic rings. The lowest BCUT2D eigenvalue weighted by Crippen LogP contribution is -2.46. The molecule has 0 aromatic heterocycles. The van der Waals surface area contributed by atoms with Crippen molar-refractivity contribution in [2.75, 3.05) is 13.2 Å². The third-order valence-corrected chi connectivity index (χ3v) is 2.82. The quantitative estimate of drug-likeness (QED) is 0.753. The molecule has 22 heavy (non-hydrogen) atoms. The third-order valence-electron chi connectivity index (χ3n) is 2.82. The minimum absolute atomic E-state index is 0.152. The Labute approximate surface area is 130 Å². The molecule has 6 heteroatoms. The highest BCUT2D eigenvalue weighted by molar-refractivity contribution is 5.82. The minimum atomic E-state index is -1.22. The van der Waals surface area contributed by atoms with Gasteiger partial charge in [0.25, 0.3) is 0 Å². The lowest BCUT2D eigenvalue weighted by Gasteiger charge is -2.22. The van der Waals surface area contributed by atoms with Gasteiger partial charge >= 0.3 is 12.1 Å². The fourth-order valence-electron chi connectivity index (χ4n) is 1.75. The van der Waals surface area contributed by atoms with Gasteiger partial charge in [0.05, 0.1) is 13.2 Å². The second-order valence-electron chi connectivity index (χ2n) is 5.22. The van der Waals surface area contributed by atoms with Crippen LogP contribution in [0.2, 0.25) is 0 Å². The van der Waals surface area contributed by atoms with E-state index < -0.39 is 24.2 Å². The van der Waals surface area contributed by atoms with Crippen LogP contribution in [0, 0.1) is 5.92 Å². The summed E-state index contributed by atoms with van der Waals surface area (Å²) in [5.74, 6) is -0.536. The second-order valence-corrected chi connectivity index (χ2v) is 5.22. The zero-order valence-electron chi connectivity index (χ0n) is 13.1. The molecule has 0 fully saturated rings. The van der Waals surface area contributed by atoms with Crippen LogP contribution in [0.5, 0.6) is 0 Å². The summed E-state index contributed by atoms with van der Waals surface area (Å²) in [6.07, 6.45) is -1.98. The third kappa shape index (κ3) is 5.73. The van der Waals surface area contributed by atoms with Crippen LogP contribution in [-0.4, -0.2) is 36.4 Å². The molecule has 0 spiro atoms. The fraction of sp³-hybridized carbons (Fsp3) is 0.500. The molecule has 1 aromatic carbocycles. The SMILES string of the molecule is CCOC(=O)C(NC(=O)OCC(C)C)C(O)c1ccccc1. The molecule has 0 heterocycles. The Morgan fingerprint density at radius 1 is 1.18 bits per heavy atom. The first kappa shape index (κ1) is 18.0. The predicted molar refractivity (Wildman–Crippen MR) is 81.1 cm³/mol. The fourth-order valence-corrected chi connectivity index (χ4v) is 1.75. The van der Waals surface area contributed by atoms with E-state index in [1.165, 1.54) is 0 Å². The van der Waals surface area contributed by atoms with Crippen molar-refractivity contribution in [3.8, 4) is 0 Å². The number of carbonyl (C=O) groups is 2. The summed E-state index contributed by atoms with van der Waals surface area (Å²) in [5.41, 5.74) is 0.504. The van der Waals surface area contributed by atoms with Crippen LogP contribution >= 0.6 is 0 Å². The summed E-state index contributed by atoms with van der Waals surface area (Å²) in [6.45, 7) is 5.83. The first-order chi connectivity index (χ1) is 10.5. The van der Waals surface area contributed by atoms with Crippen LogP contribution in [-0.2, 0) is 14.3 Å². The number of hydrogen-bond acceptors (Lipinski definition) is 5. The highest BCUT2D eigenvalue weighted by Gasteiger charge is 2.31. The molecule has 1 aromatic rings. The van der Waals surface area contributed by atoms with Crippen molar-refractivity contribution >= 4 is 12.1 Å². The molecule has 0 saturated carbocycles. The molecule has 2 unspecified atom stereocenters. The zero-order chi connectivity index (χ0) is 16.5. The Morgan fingerprint density at radius 2 is 1.82 bits per heavy atom. The molecule has 2 atom stereocenters. The predicted octanol–water partition coefficient (Wildman–Crippen LogP) is 2.03. The van der Waals surface area contributed by atoms with Crippen LogP contribution in [0.1, 0.15) is 32.4 Å². The molecule has 0 saturated heterocycles. The lowest BCUT2D eigenvalue weighted by molar-refractivity contribution is -0.148. The van der Waals surface area contributed by atoms with E-state index in [1.807, 2.05) is 13.8 Å². The van der Waals surface area contributed by atoms with E-state index >= 15 is 0 Å². The number of aliphatic hydroxyl groups is 1. The standard InChI is InChI=1S/C16H23NO5/c1-4-21-15(19)13(17-16(20)22-10-11(2)3)14(18)12-8-6-5-7-9-12/h5-9,11,13-14,18H,4,10H2,1-3H3,(H,17,20). The van der Waals surface area contributed by atoms with Crippen LogP contribution in [0.4, 0.5) is 4.79 Å². The van der Waals surface area contributed by atoms with Gasteiger partial charge < -0.3 is 19.9 Å². The van der Waals surface area contributed by atoms with Gasteiger partial charge in [-0.15, -0.1) is 0 Å². The number of esters is 1. The van der Waals surface area contributed by atoms with Crippen molar-refractivity contribution in [1.82, 2.24) is 5.32 Å². The summed E-state index contributed by atoms with van der Waals surface area (Å²) in [6, 6.07) is 7.37. The molecule has 1 amide bonds. The lowest BCUT2D eigenvalue weighted by atomic mass is 10.0. The Bertz CT molecular complexity index is 475. The molecule has 2 N–H and O–H groups in total. The average molecular weight is 309 g/mol. The van der Waals surface area contributed by atoms with Crippen molar-refractivity contribution in [2.45, 2.75) is 32.9 Å². The van der Waals surface area contributed by atoms with E-state index in [1.54, 1.807) is 37.3 Å². The van der Waals surface area contributed by atoms with Crippen molar-refractivity contribution in [3.05, 3.63) is 35.9 Å². The highest BCUT2D eigenvalue weighted by atomic mass is 16.6. The average Bonchev–Trinajstić information content (AvgIpc) is 2.51. The normalized spacial score (nSPS) is 13.3. The van der Waals surface area contributed by atoms with Crippen molar-refractivity contribution in [3.63, 3.8) is 0 Å². The first-order valence-corrected chi connectivity index (χ1v) is 7.28. The Kier molecular flexibility index (Phi) is 7.39. The zero-order valence-corrected chi connectivity index (χ0v) is 13.1. The van der Waals surface area contributed by atoms with E-state index in [4.69, 9.17) is 9.47 Å². The van der Waals surface area contributed by atoms with E-state index in [0.29, 0.717) is 5.56 Å². The van der Waals surface area contributed by atoms with Crippen molar-refractivity contribution in [2.24, 2.45) is 5.92 Å². The smallest absolute Gasteiger partial charge is 0.407 e. The maximum Gasteiger partial charge on any atom is 0.407 e. The van der Waals surface area contributed by atoms with Crippen LogP contribution in [0.3, 0.4) is 0 Å². The summed E-state index contributed by atoms with van der Waals surface area (Å²) in [7, 11) is 0. The molecular weight excluding hydrogens is 286 g/mol. The van der Waals surface area contributed by atoms with Gasteiger partial charge in [-0.3, -0.25) is 0 Å². The molecule has 6 nitrogen and oxygen atoms in total. The first-order valence-electron chi connectivity index (χ1n) is 7.28. The number of alkyl carbamates (subject to hydrolysis) is 1. The molecule has 122 valence electrons. The minimum Gasteiger partial charge on any atom is -0.464 e. The van der Waals surface area contributed by atoms with Gasteiger partial charge in [0, 0.05) is 0 Å². The van der Waals surface area contributed by atoms with Crippen molar-refractivity contribution < 1.29 is 24.2 Å². The van der Waals surface area contributed by atoms with Gasteiger partial charge in [0.2, 0.25) is 0 Å². The number of hydrogen-bond donors (Lipinski definition) is 2. The van der Waals surface area contributed by atoms with Gasteiger partial charge in [0.15, 0.2) is 6.04 Å². The summed E-state index contributed by atoms with van der Waals surface area (Å²) in [5, 5.41) is 12.7. The largest absolute Gasteiger partial charge is 0.464 e. The number of rotatable bonds is 7. The van der Waals surface area contributed by atoms with E-state index in [2.05, 4.69) is 5.32 Å². The number of benzene rings is 1. The Morgan fingerprint density at radius 3 is 2.36 bits per heavy atom. The van der Waals surface area contributed by atoms with E-state index in [0.717, 1.165) is 0 Å². The molecule has 0 aliphatic carbocycles. The monoisotopic (exact) mass is 309 g/mol. The van der Waals surface area contributed by atoms with Gasteiger partial charge in [-0.05, 0) is 18.4 Å². The van der Waals surface area contributed by atoms with Crippen LogP contribution in [0.25, 0.3) is 0 Å². The molecule has 0 bridgehead atoms. The molecule has 1 rings (SSSR count).